The molecule has 3 aliphatic rings. The van der Waals surface area contributed by atoms with Crippen molar-refractivity contribution in [3.05, 3.63) is 60.1 Å². The highest BCUT2D eigenvalue weighted by molar-refractivity contribution is 5.91. The van der Waals surface area contributed by atoms with Gasteiger partial charge in [0.2, 0.25) is 5.91 Å². The van der Waals surface area contributed by atoms with E-state index in [-0.39, 0.29) is 23.3 Å². The van der Waals surface area contributed by atoms with Gasteiger partial charge in [0.05, 0.1) is 12.3 Å². The van der Waals surface area contributed by atoms with E-state index in [1.54, 1.807) is 17.0 Å². The fourth-order valence-corrected chi connectivity index (χ4v) is 5.53. The lowest BCUT2D eigenvalue weighted by atomic mass is 9.77. The molecule has 4 heterocycles. The number of furan rings is 1. The van der Waals surface area contributed by atoms with Gasteiger partial charge in [-0.25, -0.2) is 0 Å². The van der Waals surface area contributed by atoms with Crippen molar-refractivity contribution < 1.29 is 14.0 Å². The number of rotatable bonds is 4. The zero-order valence-corrected chi connectivity index (χ0v) is 18.1. The predicted octanol–water partition coefficient (Wildman–Crippen LogP) is 1.77. The van der Waals surface area contributed by atoms with Crippen molar-refractivity contribution in [3.63, 3.8) is 0 Å². The van der Waals surface area contributed by atoms with Crippen LogP contribution in [-0.4, -0.2) is 90.3 Å². The third kappa shape index (κ3) is 4.00. The standard InChI is InChI=1S/C24H30N4O3/c1-25-16-24(17-26(18-24)15-19-6-3-2-4-7-19)14-20(25)22(29)27-9-11-28(12-10-27)23(30)21-8-5-13-31-21/h2-8,13,20H,9-12,14-18H2,1H3. The van der Waals surface area contributed by atoms with Gasteiger partial charge in [-0.05, 0) is 31.2 Å². The molecule has 0 N–H and O–H groups in total. The first kappa shape index (κ1) is 20.3. The first-order chi connectivity index (χ1) is 15.0. The molecule has 164 valence electrons. The minimum atomic E-state index is -0.0954. The highest BCUT2D eigenvalue weighted by Gasteiger charge is 2.52. The summed E-state index contributed by atoms with van der Waals surface area (Å²) in [7, 11) is 2.08. The van der Waals surface area contributed by atoms with Gasteiger partial charge in [0.25, 0.3) is 5.91 Å². The monoisotopic (exact) mass is 422 g/mol. The van der Waals surface area contributed by atoms with Crippen LogP contribution in [0.3, 0.4) is 0 Å². The Hall–Kier alpha value is -2.64. The minimum absolute atomic E-state index is 0.0498. The Morgan fingerprint density at radius 2 is 1.68 bits per heavy atom. The summed E-state index contributed by atoms with van der Waals surface area (Å²) in [5.41, 5.74) is 1.58. The van der Waals surface area contributed by atoms with Gasteiger partial charge >= 0.3 is 0 Å². The van der Waals surface area contributed by atoms with Crippen molar-refractivity contribution in [1.29, 1.82) is 0 Å². The Morgan fingerprint density at radius 1 is 0.968 bits per heavy atom. The summed E-state index contributed by atoms with van der Waals surface area (Å²) in [6.45, 7) is 6.35. The Balaban J connectivity index is 1.13. The number of hydrogen-bond acceptors (Lipinski definition) is 5. The van der Waals surface area contributed by atoms with E-state index >= 15 is 0 Å². The molecule has 0 radical (unpaired) electrons. The molecule has 3 fully saturated rings. The molecule has 31 heavy (non-hydrogen) atoms. The van der Waals surface area contributed by atoms with E-state index in [4.69, 9.17) is 4.42 Å². The highest BCUT2D eigenvalue weighted by atomic mass is 16.3. The summed E-state index contributed by atoms with van der Waals surface area (Å²) < 4.78 is 5.22. The third-order valence-electron chi connectivity index (χ3n) is 7.01. The van der Waals surface area contributed by atoms with E-state index in [9.17, 15) is 9.59 Å². The predicted molar refractivity (Wildman–Crippen MR) is 116 cm³/mol. The molecule has 0 aliphatic carbocycles. The average molecular weight is 423 g/mol. The van der Waals surface area contributed by atoms with Gasteiger partial charge < -0.3 is 14.2 Å². The van der Waals surface area contributed by atoms with Crippen LogP contribution in [0.2, 0.25) is 0 Å². The highest BCUT2D eigenvalue weighted by Crippen LogP contribution is 2.43. The molecule has 1 aromatic carbocycles. The third-order valence-corrected chi connectivity index (χ3v) is 7.01. The largest absolute Gasteiger partial charge is 0.459 e. The number of carbonyl (C=O) groups is 2. The average Bonchev–Trinajstić information content (AvgIpc) is 3.42. The van der Waals surface area contributed by atoms with E-state index < -0.39 is 0 Å². The van der Waals surface area contributed by atoms with E-state index in [1.807, 2.05) is 4.90 Å². The van der Waals surface area contributed by atoms with Crippen LogP contribution >= 0.6 is 0 Å². The van der Waals surface area contributed by atoms with E-state index in [0.29, 0.717) is 31.9 Å². The summed E-state index contributed by atoms with van der Waals surface area (Å²) in [5, 5.41) is 0. The molecule has 2 aromatic rings. The number of nitrogens with zero attached hydrogens (tertiary/aromatic N) is 4. The summed E-state index contributed by atoms with van der Waals surface area (Å²) in [6, 6.07) is 13.9. The van der Waals surface area contributed by atoms with Gasteiger partial charge in [0.1, 0.15) is 0 Å². The number of piperazine rings is 1. The second kappa shape index (κ2) is 8.13. The van der Waals surface area contributed by atoms with Crippen molar-refractivity contribution >= 4 is 11.8 Å². The van der Waals surface area contributed by atoms with Gasteiger partial charge in [-0.2, -0.15) is 0 Å². The maximum atomic E-state index is 13.3. The molecular weight excluding hydrogens is 392 g/mol. The summed E-state index contributed by atoms with van der Waals surface area (Å²) >= 11 is 0. The minimum Gasteiger partial charge on any atom is -0.459 e. The van der Waals surface area contributed by atoms with Crippen LogP contribution in [0.25, 0.3) is 0 Å². The van der Waals surface area contributed by atoms with Crippen LogP contribution in [-0.2, 0) is 11.3 Å². The zero-order chi connectivity index (χ0) is 21.4. The maximum absolute atomic E-state index is 13.3. The molecule has 7 heteroatoms. The maximum Gasteiger partial charge on any atom is 0.289 e. The zero-order valence-electron chi connectivity index (χ0n) is 18.1. The van der Waals surface area contributed by atoms with Gasteiger partial charge in [0.15, 0.2) is 5.76 Å². The number of carbonyl (C=O) groups excluding carboxylic acids is 2. The second-order valence-electron chi connectivity index (χ2n) is 9.36. The quantitative estimate of drug-likeness (QED) is 0.752. The van der Waals surface area contributed by atoms with Crippen molar-refractivity contribution in [2.45, 2.75) is 19.0 Å². The Kier molecular flexibility index (Phi) is 5.32. The number of likely N-dealkylation sites (N-methyl/N-ethyl adjacent to an activating group) is 1. The van der Waals surface area contributed by atoms with Gasteiger partial charge in [-0.15, -0.1) is 0 Å². The van der Waals surface area contributed by atoms with Crippen LogP contribution in [0.5, 0.6) is 0 Å². The SMILES string of the molecule is CN1CC2(CC1C(=O)N1CCN(C(=O)c3ccco3)CC1)CN(Cc1ccccc1)C2. The van der Waals surface area contributed by atoms with Crippen LogP contribution in [0.4, 0.5) is 0 Å². The van der Waals surface area contributed by atoms with Crippen molar-refractivity contribution in [2.24, 2.45) is 5.41 Å². The molecule has 0 saturated carbocycles. The van der Waals surface area contributed by atoms with Crippen LogP contribution in [0, 0.1) is 5.41 Å². The molecule has 2 amide bonds. The van der Waals surface area contributed by atoms with E-state index in [0.717, 1.165) is 32.6 Å². The molecule has 1 spiro atoms. The molecule has 7 nitrogen and oxygen atoms in total. The summed E-state index contributed by atoms with van der Waals surface area (Å²) in [6.07, 6.45) is 2.44. The van der Waals surface area contributed by atoms with E-state index in [2.05, 4.69) is 47.2 Å². The molecule has 1 unspecified atom stereocenters. The molecule has 3 aliphatic heterocycles. The Morgan fingerprint density at radius 3 is 2.35 bits per heavy atom. The first-order valence-electron chi connectivity index (χ1n) is 11.1. The lowest BCUT2D eigenvalue weighted by molar-refractivity contribution is -0.137. The lowest BCUT2D eigenvalue weighted by Gasteiger charge is -2.48. The number of hydrogen-bond donors (Lipinski definition) is 0. The van der Waals surface area contributed by atoms with Crippen molar-refractivity contribution in [1.82, 2.24) is 19.6 Å². The molecule has 0 bridgehead atoms. The molecule has 1 aromatic heterocycles. The van der Waals surface area contributed by atoms with Gasteiger partial charge in [-0.3, -0.25) is 19.4 Å². The van der Waals surface area contributed by atoms with Crippen molar-refractivity contribution in [3.8, 4) is 0 Å². The second-order valence-corrected chi connectivity index (χ2v) is 9.36. The Labute approximate surface area is 183 Å². The normalized spacial score (nSPS) is 23.8. The summed E-state index contributed by atoms with van der Waals surface area (Å²) in [4.78, 5) is 34.2. The topological polar surface area (TPSA) is 60.2 Å². The first-order valence-corrected chi connectivity index (χ1v) is 11.1. The Bertz CT molecular complexity index is 916. The van der Waals surface area contributed by atoms with Gasteiger partial charge in [0, 0.05) is 57.8 Å². The number of likely N-dealkylation sites (tertiary alicyclic amines) is 2. The molecule has 3 saturated heterocycles. The molecular formula is C24H30N4O3. The van der Waals surface area contributed by atoms with Gasteiger partial charge in [-0.1, -0.05) is 30.3 Å². The van der Waals surface area contributed by atoms with Crippen LogP contribution in [0.1, 0.15) is 22.5 Å². The smallest absolute Gasteiger partial charge is 0.289 e. The van der Waals surface area contributed by atoms with Crippen LogP contribution < -0.4 is 0 Å². The lowest BCUT2D eigenvalue weighted by Crippen LogP contribution is -2.57. The van der Waals surface area contributed by atoms with Crippen LogP contribution in [0.15, 0.2) is 53.1 Å². The fourth-order valence-electron chi connectivity index (χ4n) is 5.53. The fraction of sp³-hybridized carbons (Fsp3) is 0.500. The number of amides is 2. The molecule has 1 atom stereocenters. The summed E-state index contributed by atoms with van der Waals surface area (Å²) in [5.74, 6) is 0.482. The molecule has 5 rings (SSSR count). The van der Waals surface area contributed by atoms with Crippen molar-refractivity contribution in [2.75, 3.05) is 52.9 Å². The number of benzene rings is 1. The van der Waals surface area contributed by atoms with E-state index in [1.165, 1.54) is 11.8 Å².